The van der Waals surface area contributed by atoms with E-state index in [0.29, 0.717) is 56.7 Å². The highest BCUT2D eigenvalue weighted by atomic mass is 35.5. The van der Waals surface area contributed by atoms with Gasteiger partial charge in [-0.2, -0.15) is 5.26 Å². The summed E-state index contributed by atoms with van der Waals surface area (Å²) in [5, 5.41) is 26.1. The van der Waals surface area contributed by atoms with Gasteiger partial charge >= 0.3 is 0 Å². The Bertz CT molecular complexity index is 1520. The number of nitrogens with zero attached hydrogens (tertiary/aromatic N) is 5. The monoisotopic (exact) mass is 518 g/mol. The van der Waals surface area contributed by atoms with Crippen LogP contribution in [0.3, 0.4) is 0 Å². The molecule has 0 saturated heterocycles. The maximum Gasteiger partial charge on any atom is 0.123 e. The summed E-state index contributed by atoms with van der Waals surface area (Å²) < 4.78 is 25.1. The summed E-state index contributed by atoms with van der Waals surface area (Å²) in [5.74, 6) is -0.396. The van der Waals surface area contributed by atoms with Crippen molar-refractivity contribution in [3.63, 3.8) is 0 Å². The van der Waals surface area contributed by atoms with Gasteiger partial charge in [-0.3, -0.25) is 4.98 Å². The van der Waals surface area contributed by atoms with E-state index in [-0.39, 0.29) is 5.41 Å². The molecule has 1 atom stereocenters. The van der Waals surface area contributed by atoms with Gasteiger partial charge in [0.1, 0.15) is 17.6 Å². The zero-order valence-electron chi connectivity index (χ0n) is 22.0. The van der Waals surface area contributed by atoms with Gasteiger partial charge in [-0.1, -0.05) is 49.7 Å². The van der Waals surface area contributed by atoms with Crippen LogP contribution in [-0.4, -0.2) is 26.5 Å². The lowest BCUT2D eigenvalue weighted by molar-refractivity contribution is 0.377. The van der Waals surface area contributed by atoms with E-state index in [2.05, 4.69) is 52.8 Å². The summed E-state index contributed by atoms with van der Waals surface area (Å²) in [7, 11) is 0. The Morgan fingerprint density at radius 3 is 2.73 bits per heavy atom. The Balaban J connectivity index is 1.61. The second kappa shape index (κ2) is 9.98. The molecule has 1 fully saturated rings. The molecule has 2 heterocycles. The number of anilines is 2. The molecule has 1 aliphatic rings. The van der Waals surface area contributed by atoms with Crippen LogP contribution in [0.15, 0.2) is 48.8 Å². The number of nitriles is 1. The summed E-state index contributed by atoms with van der Waals surface area (Å²) in [6.07, 6.45) is 6.29. The molecular formula is C28H29ClFN7. The van der Waals surface area contributed by atoms with E-state index < -0.39 is 11.8 Å². The third kappa shape index (κ3) is 5.37. The van der Waals surface area contributed by atoms with Crippen molar-refractivity contribution in [3.05, 3.63) is 76.5 Å². The molecule has 2 aromatic carbocycles. The molecule has 1 saturated carbocycles. The number of benzene rings is 2. The van der Waals surface area contributed by atoms with E-state index in [4.69, 9.17) is 11.6 Å². The zero-order valence-corrected chi connectivity index (χ0v) is 21.8. The van der Waals surface area contributed by atoms with Crippen LogP contribution in [0, 0.1) is 22.6 Å². The van der Waals surface area contributed by atoms with Gasteiger partial charge in [0.05, 0.1) is 41.4 Å². The molecule has 7 nitrogen and oxygen atoms in total. The molecule has 2 N–H and O–H groups in total. The molecule has 37 heavy (non-hydrogen) atoms. The first-order valence-corrected chi connectivity index (χ1v) is 12.7. The molecule has 1 aliphatic carbocycles. The lowest BCUT2D eigenvalue weighted by Gasteiger charge is -2.25. The minimum atomic E-state index is -1.59. The maximum absolute atomic E-state index is 13.8. The number of hydrogen-bond donors (Lipinski definition) is 2. The summed E-state index contributed by atoms with van der Waals surface area (Å²) in [6.45, 7) is 7.08. The van der Waals surface area contributed by atoms with Crippen molar-refractivity contribution in [2.45, 2.75) is 52.1 Å². The number of rotatable bonds is 9. The molecule has 2 aromatic heterocycles. The van der Waals surface area contributed by atoms with E-state index in [9.17, 15) is 11.0 Å². The second-order valence-electron chi connectivity index (χ2n) is 10.2. The number of aromatic nitrogens is 4. The Morgan fingerprint density at radius 1 is 1.30 bits per heavy atom. The van der Waals surface area contributed by atoms with E-state index in [0.717, 1.165) is 19.3 Å². The van der Waals surface area contributed by atoms with Crippen LogP contribution in [0.4, 0.5) is 15.8 Å². The van der Waals surface area contributed by atoms with Gasteiger partial charge in [0, 0.05) is 23.8 Å². The Morgan fingerprint density at radius 2 is 2.05 bits per heavy atom. The lowest BCUT2D eigenvalue weighted by Crippen LogP contribution is -2.22. The summed E-state index contributed by atoms with van der Waals surface area (Å²) in [4.78, 5) is 4.43. The smallest absolute Gasteiger partial charge is 0.123 e. The SMILES string of the molecule is [2H][C@@](Nc1cc(Cl)c2ncc(C#N)c(NCC(C)(C)CC)c2c1)(c1ccc(F)cc1)c1cn(C2CC2)nn1. The molecule has 9 heteroatoms. The van der Waals surface area contributed by atoms with E-state index in [1.807, 2.05) is 6.07 Å². The molecule has 0 radical (unpaired) electrons. The highest BCUT2D eigenvalue weighted by molar-refractivity contribution is 6.35. The van der Waals surface area contributed by atoms with Crippen molar-refractivity contribution < 1.29 is 5.76 Å². The average Bonchev–Trinajstić information content (AvgIpc) is 3.63. The maximum atomic E-state index is 13.8. The number of hydrogen-bond acceptors (Lipinski definition) is 6. The molecular weight excluding hydrogens is 489 g/mol. The fourth-order valence-electron chi connectivity index (χ4n) is 4.01. The van der Waals surface area contributed by atoms with Gasteiger partial charge < -0.3 is 10.6 Å². The van der Waals surface area contributed by atoms with Crippen LogP contribution >= 0.6 is 11.6 Å². The number of fused-ring (bicyclic) bond motifs is 1. The van der Waals surface area contributed by atoms with Crippen LogP contribution < -0.4 is 10.6 Å². The lowest BCUT2D eigenvalue weighted by atomic mass is 9.90. The van der Waals surface area contributed by atoms with Gasteiger partial charge in [0.2, 0.25) is 0 Å². The molecule has 0 unspecified atom stereocenters. The van der Waals surface area contributed by atoms with Crippen LogP contribution in [0.1, 0.15) is 70.3 Å². The van der Waals surface area contributed by atoms with Gasteiger partial charge in [0.25, 0.3) is 0 Å². The summed E-state index contributed by atoms with van der Waals surface area (Å²) >= 11 is 6.69. The van der Waals surface area contributed by atoms with Crippen molar-refractivity contribution in [2.24, 2.45) is 5.41 Å². The average molecular weight is 519 g/mol. The standard InChI is InChI=1S/C28H29ClFN7/c1-4-28(2,3)16-33-25-18(13-31)14-32-27-22(25)11-20(12-23(27)29)34-26(17-5-7-19(30)8-6-17)24-15-37(36-35-24)21-9-10-21/h5-8,11-12,14-15,21,26,34H,4,9-10,16H2,1-3H3,(H,32,33)/t26-/m1/s1/i26D. The van der Waals surface area contributed by atoms with Crippen molar-refractivity contribution in [2.75, 3.05) is 17.2 Å². The van der Waals surface area contributed by atoms with Gasteiger partial charge in [0.15, 0.2) is 0 Å². The second-order valence-corrected chi connectivity index (χ2v) is 10.6. The molecule has 4 aromatic rings. The first-order chi connectivity index (χ1) is 18.1. The van der Waals surface area contributed by atoms with E-state index in [1.54, 1.807) is 29.1 Å². The minimum absolute atomic E-state index is 0.00821. The highest BCUT2D eigenvalue weighted by Crippen LogP contribution is 2.37. The van der Waals surface area contributed by atoms with Crippen LogP contribution in [0.2, 0.25) is 5.02 Å². The van der Waals surface area contributed by atoms with E-state index >= 15 is 0 Å². The van der Waals surface area contributed by atoms with Crippen LogP contribution in [-0.2, 0) is 0 Å². The topological polar surface area (TPSA) is 91.5 Å². The highest BCUT2D eigenvalue weighted by Gasteiger charge is 2.27. The summed E-state index contributed by atoms with van der Waals surface area (Å²) in [6, 6.07) is 10.2. The number of pyridine rings is 1. The fraction of sp³-hybridized carbons (Fsp3) is 0.357. The molecule has 5 rings (SSSR count). The zero-order chi connectivity index (χ0) is 27.1. The molecule has 0 aliphatic heterocycles. The molecule has 0 bridgehead atoms. The molecule has 190 valence electrons. The van der Waals surface area contributed by atoms with Gasteiger partial charge in [-0.15, -0.1) is 5.10 Å². The van der Waals surface area contributed by atoms with Crippen molar-refractivity contribution in [1.82, 2.24) is 20.0 Å². The van der Waals surface area contributed by atoms with Gasteiger partial charge in [-0.05, 0) is 54.5 Å². The molecule has 0 spiro atoms. The van der Waals surface area contributed by atoms with Crippen molar-refractivity contribution in [3.8, 4) is 6.07 Å². The first-order valence-electron chi connectivity index (χ1n) is 12.9. The minimum Gasteiger partial charge on any atom is -0.383 e. The number of halogens is 2. The van der Waals surface area contributed by atoms with E-state index in [1.165, 1.54) is 18.3 Å². The summed E-state index contributed by atoms with van der Waals surface area (Å²) in [5.41, 5.74) is 2.99. The first kappa shape index (κ1) is 23.7. The fourth-order valence-corrected chi connectivity index (χ4v) is 4.28. The predicted molar refractivity (Wildman–Crippen MR) is 144 cm³/mol. The normalized spacial score (nSPS) is 15.6. The van der Waals surface area contributed by atoms with Crippen molar-refractivity contribution >= 4 is 33.9 Å². The number of nitrogens with one attached hydrogen (secondary N) is 2. The largest absolute Gasteiger partial charge is 0.383 e. The Labute approximate surface area is 222 Å². The van der Waals surface area contributed by atoms with Crippen molar-refractivity contribution in [1.29, 1.82) is 5.26 Å². The quantitative estimate of drug-likeness (QED) is 0.251. The van der Waals surface area contributed by atoms with Gasteiger partial charge in [-0.25, -0.2) is 9.07 Å². The third-order valence-corrected chi connectivity index (χ3v) is 7.12. The molecule has 0 amide bonds. The predicted octanol–water partition coefficient (Wildman–Crippen LogP) is 6.87. The van der Waals surface area contributed by atoms with Crippen LogP contribution in [0.25, 0.3) is 10.9 Å². The Hall–Kier alpha value is -3.70. The third-order valence-electron chi connectivity index (χ3n) is 6.84. The Kier molecular flexibility index (Phi) is 6.39. The van der Waals surface area contributed by atoms with Crippen LogP contribution in [0.5, 0.6) is 0 Å².